The normalized spacial score (nSPS) is 27.6. The number of aliphatic hydroxyl groups is 1. The van der Waals surface area contributed by atoms with Gasteiger partial charge in [-0.15, -0.1) is 0 Å². The van der Waals surface area contributed by atoms with Gasteiger partial charge in [-0.1, -0.05) is 33.6 Å². The average molecular weight is 213 g/mol. The molecule has 2 unspecified atom stereocenters. The molecule has 1 rings (SSSR count). The number of aliphatic hydroxyl groups excluding tert-OH is 1. The predicted molar refractivity (Wildman–Crippen MR) is 65.0 cm³/mol. The van der Waals surface area contributed by atoms with Gasteiger partial charge >= 0.3 is 0 Å². The van der Waals surface area contributed by atoms with Crippen molar-refractivity contribution in [3.63, 3.8) is 0 Å². The molecule has 2 atom stereocenters. The number of hydrogen-bond acceptors (Lipinski definition) is 2. The van der Waals surface area contributed by atoms with E-state index >= 15 is 0 Å². The van der Waals surface area contributed by atoms with Crippen LogP contribution in [0.15, 0.2) is 0 Å². The summed E-state index contributed by atoms with van der Waals surface area (Å²) in [6.45, 7) is 7.24. The third-order valence-electron chi connectivity index (χ3n) is 3.91. The lowest BCUT2D eigenvalue weighted by atomic mass is 9.73. The standard InChI is InChI=1S/C13H27NO/c1-4-11(8-10-15)14-12-7-5-6-9-13(12,2)3/h11-12,14-15H,4-10H2,1-3H3. The molecular formula is C13H27NO. The summed E-state index contributed by atoms with van der Waals surface area (Å²) in [6, 6.07) is 1.14. The Morgan fingerprint density at radius 2 is 2.13 bits per heavy atom. The first-order chi connectivity index (χ1) is 7.10. The zero-order chi connectivity index (χ0) is 11.3. The SMILES string of the molecule is CCC(CCO)NC1CCCCC1(C)C. The van der Waals surface area contributed by atoms with Crippen molar-refractivity contribution >= 4 is 0 Å². The zero-order valence-electron chi connectivity index (χ0n) is 10.6. The van der Waals surface area contributed by atoms with Gasteiger partial charge in [-0.05, 0) is 31.1 Å². The average Bonchev–Trinajstić information content (AvgIpc) is 2.20. The maximum absolute atomic E-state index is 8.99. The van der Waals surface area contributed by atoms with E-state index in [1.807, 2.05) is 0 Å². The topological polar surface area (TPSA) is 32.3 Å². The Hall–Kier alpha value is -0.0800. The number of hydrogen-bond donors (Lipinski definition) is 2. The first-order valence-electron chi connectivity index (χ1n) is 6.47. The molecule has 0 aromatic carbocycles. The number of rotatable bonds is 5. The van der Waals surface area contributed by atoms with E-state index < -0.39 is 0 Å². The summed E-state index contributed by atoms with van der Waals surface area (Å²) in [7, 11) is 0. The van der Waals surface area contributed by atoms with Crippen LogP contribution in [0.2, 0.25) is 0 Å². The van der Waals surface area contributed by atoms with Gasteiger partial charge in [0, 0.05) is 18.7 Å². The van der Waals surface area contributed by atoms with Crippen LogP contribution in [0.4, 0.5) is 0 Å². The van der Waals surface area contributed by atoms with Crippen molar-refractivity contribution in [2.24, 2.45) is 5.41 Å². The molecule has 0 saturated heterocycles. The van der Waals surface area contributed by atoms with E-state index in [1.165, 1.54) is 25.7 Å². The van der Waals surface area contributed by atoms with Crippen LogP contribution in [0.3, 0.4) is 0 Å². The molecule has 0 heterocycles. The summed E-state index contributed by atoms with van der Waals surface area (Å²) in [5.41, 5.74) is 0.432. The Bertz CT molecular complexity index is 179. The van der Waals surface area contributed by atoms with Crippen molar-refractivity contribution in [1.29, 1.82) is 0 Å². The van der Waals surface area contributed by atoms with E-state index in [2.05, 4.69) is 26.1 Å². The maximum Gasteiger partial charge on any atom is 0.0445 e. The Kier molecular flexibility index (Phi) is 5.07. The van der Waals surface area contributed by atoms with E-state index in [0.717, 1.165) is 12.8 Å². The lowest BCUT2D eigenvalue weighted by Crippen LogP contribution is -2.48. The van der Waals surface area contributed by atoms with E-state index in [-0.39, 0.29) is 0 Å². The van der Waals surface area contributed by atoms with Crippen molar-refractivity contribution in [3.05, 3.63) is 0 Å². The molecule has 0 aromatic heterocycles. The van der Waals surface area contributed by atoms with Crippen LogP contribution in [0.5, 0.6) is 0 Å². The zero-order valence-corrected chi connectivity index (χ0v) is 10.6. The lowest BCUT2D eigenvalue weighted by Gasteiger charge is -2.41. The van der Waals surface area contributed by atoms with Crippen molar-refractivity contribution in [2.45, 2.75) is 71.4 Å². The first kappa shape index (κ1) is 13.0. The third kappa shape index (κ3) is 3.76. The van der Waals surface area contributed by atoms with Gasteiger partial charge in [0.2, 0.25) is 0 Å². The van der Waals surface area contributed by atoms with E-state index in [0.29, 0.717) is 24.1 Å². The van der Waals surface area contributed by atoms with Crippen molar-refractivity contribution in [2.75, 3.05) is 6.61 Å². The summed E-state index contributed by atoms with van der Waals surface area (Å²) >= 11 is 0. The van der Waals surface area contributed by atoms with Gasteiger partial charge in [-0.25, -0.2) is 0 Å². The van der Waals surface area contributed by atoms with Gasteiger partial charge in [0.05, 0.1) is 0 Å². The highest BCUT2D eigenvalue weighted by Gasteiger charge is 2.32. The Morgan fingerprint density at radius 3 is 2.67 bits per heavy atom. The summed E-state index contributed by atoms with van der Waals surface area (Å²) in [4.78, 5) is 0. The first-order valence-corrected chi connectivity index (χ1v) is 6.47. The van der Waals surface area contributed by atoms with Crippen LogP contribution in [-0.2, 0) is 0 Å². The Balaban J connectivity index is 2.46. The second-order valence-corrected chi connectivity index (χ2v) is 5.57. The molecular weight excluding hydrogens is 186 g/mol. The third-order valence-corrected chi connectivity index (χ3v) is 3.91. The minimum absolute atomic E-state index is 0.304. The molecule has 1 fully saturated rings. The van der Waals surface area contributed by atoms with Gasteiger partial charge in [0.25, 0.3) is 0 Å². The van der Waals surface area contributed by atoms with Gasteiger partial charge in [-0.3, -0.25) is 0 Å². The largest absolute Gasteiger partial charge is 0.396 e. The van der Waals surface area contributed by atoms with Crippen LogP contribution in [0.25, 0.3) is 0 Å². The number of nitrogens with one attached hydrogen (secondary N) is 1. The van der Waals surface area contributed by atoms with Crippen molar-refractivity contribution in [3.8, 4) is 0 Å². The second-order valence-electron chi connectivity index (χ2n) is 5.57. The summed E-state index contributed by atoms with van der Waals surface area (Å²) < 4.78 is 0. The fourth-order valence-corrected chi connectivity index (χ4v) is 2.65. The molecule has 0 amide bonds. The molecule has 2 N–H and O–H groups in total. The monoisotopic (exact) mass is 213 g/mol. The molecule has 2 nitrogen and oxygen atoms in total. The summed E-state index contributed by atoms with van der Waals surface area (Å²) in [5.74, 6) is 0. The summed E-state index contributed by atoms with van der Waals surface area (Å²) in [6.07, 6.45) is 7.38. The maximum atomic E-state index is 8.99. The smallest absolute Gasteiger partial charge is 0.0445 e. The molecule has 0 spiro atoms. The molecule has 1 saturated carbocycles. The van der Waals surface area contributed by atoms with E-state index in [4.69, 9.17) is 5.11 Å². The fraction of sp³-hybridized carbons (Fsp3) is 1.00. The van der Waals surface area contributed by atoms with E-state index in [9.17, 15) is 0 Å². The second kappa shape index (κ2) is 5.86. The summed E-state index contributed by atoms with van der Waals surface area (Å²) in [5, 5.41) is 12.7. The molecule has 1 aliphatic carbocycles. The van der Waals surface area contributed by atoms with Gasteiger partial charge in [-0.2, -0.15) is 0 Å². The van der Waals surface area contributed by atoms with Crippen LogP contribution in [0.1, 0.15) is 59.3 Å². The highest BCUT2D eigenvalue weighted by Crippen LogP contribution is 2.35. The van der Waals surface area contributed by atoms with Crippen LogP contribution in [0, 0.1) is 5.41 Å². The van der Waals surface area contributed by atoms with Gasteiger partial charge < -0.3 is 10.4 Å². The van der Waals surface area contributed by atoms with Gasteiger partial charge in [0.1, 0.15) is 0 Å². The van der Waals surface area contributed by atoms with Crippen LogP contribution >= 0.6 is 0 Å². The lowest BCUT2D eigenvalue weighted by molar-refractivity contribution is 0.145. The van der Waals surface area contributed by atoms with Crippen molar-refractivity contribution < 1.29 is 5.11 Å². The molecule has 0 bridgehead atoms. The molecule has 15 heavy (non-hydrogen) atoms. The van der Waals surface area contributed by atoms with E-state index in [1.54, 1.807) is 0 Å². The quantitative estimate of drug-likeness (QED) is 0.736. The molecule has 0 radical (unpaired) electrons. The Labute approximate surface area is 94.5 Å². The van der Waals surface area contributed by atoms with Gasteiger partial charge in [0.15, 0.2) is 0 Å². The highest BCUT2D eigenvalue weighted by atomic mass is 16.3. The fourth-order valence-electron chi connectivity index (χ4n) is 2.65. The van der Waals surface area contributed by atoms with Crippen LogP contribution < -0.4 is 5.32 Å². The molecule has 0 aliphatic heterocycles. The molecule has 0 aromatic rings. The molecule has 2 heteroatoms. The minimum atomic E-state index is 0.304. The predicted octanol–water partition coefficient (Wildman–Crippen LogP) is 2.71. The van der Waals surface area contributed by atoms with Crippen LogP contribution in [-0.4, -0.2) is 23.8 Å². The van der Waals surface area contributed by atoms with Crippen molar-refractivity contribution in [1.82, 2.24) is 5.32 Å². The molecule has 90 valence electrons. The minimum Gasteiger partial charge on any atom is -0.396 e. The Morgan fingerprint density at radius 1 is 1.40 bits per heavy atom. The molecule has 1 aliphatic rings. The highest BCUT2D eigenvalue weighted by molar-refractivity contribution is 4.89.